The van der Waals surface area contributed by atoms with Crippen LogP contribution in [0.2, 0.25) is 0 Å². The third-order valence-corrected chi connectivity index (χ3v) is 3.76. The zero-order valence-electron chi connectivity index (χ0n) is 13.3. The number of nitrogens with one attached hydrogen (secondary N) is 2. The first kappa shape index (κ1) is 15.0. The number of aromatic amines is 1. The maximum Gasteiger partial charge on any atom is 0.256 e. The van der Waals surface area contributed by atoms with Gasteiger partial charge in [0, 0.05) is 17.7 Å². The monoisotopic (exact) mass is 305 g/mol. The molecule has 4 nitrogen and oxygen atoms in total. The van der Waals surface area contributed by atoms with Crippen LogP contribution in [0.5, 0.6) is 0 Å². The van der Waals surface area contributed by atoms with Gasteiger partial charge in [0.2, 0.25) is 5.95 Å². The molecule has 3 aromatic rings. The van der Waals surface area contributed by atoms with Gasteiger partial charge in [0.25, 0.3) is 5.56 Å². The average Bonchev–Trinajstić information content (AvgIpc) is 2.54. The molecule has 0 amide bonds. The van der Waals surface area contributed by atoms with Gasteiger partial charge < -0.3 is 5.32 Å². The molecular weight excluding hydrogens is 286 g/mol. The fourth-order valence-electron chi connectivity index (χ4n) is 2.45. The highest BCUT2D eigenvalue weighted by Crippen LogP contribution is 2.14. The lowest BCUT2D eigenvalue weighted by Gasteiger charge is -2.09. The van der Waals surface area contributed by atoms with Crippen LogP contribution < -0.4 is 10.9 Å². The van der Waals surface area contributed by atoms with Gasteiger partial charge >= 0.3 is 0 Å². The van der Waals surface area contributed by atoms with E-state index in [1.807, 2.05) is 68.4 Å². The highest BCUT2D eigenvalue weighted by atomic mass is 16.1. The van der Waals surface area contributed by atoms with Crippen LogP contribution in [0.25, 0.3) is 0 Å². The van der Waals surface area contributed by atoms with Crippen molar-refractivity contribution in [2.75, 3.05) is 5.32 Å². The van der Waals surface area contributed by atoms with Gasteiger partial charge in [-0.05, 0) is 31.5 Å². The minimum atomic E-state index is -0.101. The molecule has 0 atom stereocenters. The van der Waals surface area contributed by atoms with Crippen molar-refractivity contribution in [3.05, 3.63) is 87.3 Å². The predicted molar refractivity (Wildman–Crippen MR) is 93.3 cm³/mol. The molecule has 116 valence electrons. The Kier molecular flexibility index (Phi) is 4.24. The van der Waals surface area contributed by atoms with Gasteiger partial charge in [0.05, 0.1) is 5.69 Å². The van der Waals surface area contributed by atoms with E-state index in [9.17, 15) is 4.79 Å². The fourth-order valence-corrected chi connectivity index (χ4v) is 2.45. The highest BCUT2D eigenvalue weighted by molar-refractivity contribution is 5.53. The number of nitrogens with zero attached hydrogens (tertiary/aromatic N) is 1. The molecule has 0 aliphatic rings. The van der Waals surface area contributed by atoms with Crippen LogP contribution >= 0.6 is 0 Å². The van der Waals surface area contributed by atoms with Crippen LogP contribution in [-0.2, 0) is 6.42 Å². The minimum Gasteiger partial charge on any atom is -0.326 e. The smallest absolute Gasteiger partial charge is 0.256 e. The molecule has 1 heterocycles. The third kappa shape index (κ3) is 3.66. The van der Waals surface area contributed by atoms with E-state index in [4.69, 9.17) is 0 Å². The van der Waals surface area contributed by atoms with E-state index in [-0.39, 0.29) is 5.56 Å². The molecule has 23 heavy (non-hydrogen) atoms. The van der Waals surface area contributed by atoms with Crippen molar-refractivity contribution in [1.82, 2.24) is 9.97 Å². The van der Waals surface area contributed by atoms with Crippen LogP contribution in [0.3, 0.4) is 0 Å². The van der Waals surface area contributed by atoms with Gasteiger partial charge in [0.15, 0.2) is 0 Å². The Balaban J connectivity index is 1.85. The van der Waals surface area contributed by atoms with Crippen molar-refractivity contribution in [3.63, 3.8) is 0 Å². The molecule has 0 spiro atoms. The van der Waals surface area contributed by atoms with Crippen LogP contribution in [0.15, 0.2) is 59.4 Å². The summed E-state index contributed by atoms with van der Waals surface area (Å²) >= 11 is 0. The summed E-state index contributed by atoms with van der Waals surface area (Å²) in [5.41, 5.74) is 4.52. The van der Waals surface area contributed by atoms with Crippen LogP contribution in [0.1, 0.15) is 22.4 Å². The Bertz CT molecular complexity index is 852. The van der Waals surface area contributed by atoms with E-state index in [1.165, 1.54) is 5.56 Å². The first-order chi connectivity index (χ1) is 11.1. The lowest BCUT2D eigenvalue weighted by molar-refractivity contribution is 0.986. The zero-order chi connectivity index (χ0) is 16.2. The predicted octanol–water partition coefficient (Wildman–Crippen LogP) is 3.72. The Morgan fingerprint density at radius 2 is 1.70 bits per heavy atom. The summed E-state index contributed by atoms with van der Waals surface area (Å²) in [6, 6.07) is 17.9. The van der Waals surface area contributed by atoms with Gasteiger partial charge in [-0.15, -0.1) is 0 Å². The summed E-state index contributed by atoms with van der Waals surface area (Å²) in [7, 11) is 0. The molecule has 0 saturated carbocycles. The molecule has 2 N–H and O–H groups in total. The summed E-state index contributed by atoms with van der Waals surface area (Å²) in [6.07, 6.45) is 0.583. The second-order valence-electron chi connectivity index (χ2n) is 5.63. The normalized spacial score (nSPS) is 10.5. The van der Waals surface area contributed by atoms with Crippen LogP contribution in [-0.4, -0.2) is 9.97 Å². The Labute approximate surface area is 135 Å². The SMILES string of the molecule is Cc1ccc(Nc2nc(C)c(Cc3ccccc3)c(=O)[nH]2)cc1. The van der Waals surface area contributed by atoms with Gasteiger partial charge in [-0.25, -0.2) is 4.98 Å². The number of aryl methyl sites for hydroxylation is 2. The Morgan fingerprint density at radius 1 is 1.00 bits per heavy atom. The zero-order valence-corrected chi connectivity index (χ0v) is 13.3. The minimum absolute atomic E-state index is 0.101. The van der Waals surface area contributed by atoms with E-state index in [0.717, 1.165) is 16.9 Å². The summed E-state index contributed by atoms with van der Waals surface area (Å²) in [6.45, 7) is 3.90. The van der Waals surface area contributed by atoms with Crippen molar-refractivity contribution >= 4 is 11.6 Å². The molecule has 0 bridgehead atoms. The molecule has 0 aliphatic heterocycles. The van der Waals surface area contributed by atoms with Crippen LogP contribution in [0.4, 0.5) is 11.6 Å². The summed E-state index contributed by atoms with van der Waals surface area (Å²) in [4.78, 5) is 19.7. The number of benzene rings is 2. The molecule has 0 fully saturated rings. The lowest BCUT2D eigenvalue weighted by atomic mass is 10.1. The molecule has 0 unspecified atom stereocenters. The van der Waals surface area contributed by atoms with Crippen molar-refractivity contribution in [2.24, 2.45) is 0 Å². The number of anilines is 2. The second kappa shape index (κ2) is 6.48. The summed E-state index contributed by atoms with van der Waals surface area (Å²) in [5, 5.41) is 3.14. The lowest BCUT2D eigenvalue weighted by Crippen LogP contribution is -2.18. The van der Waals surface area contributed by atoms with Gasteiger partial charge in [-0.1, -0.05) is 48.0 Å². The van der Waals surface area contributed by atoms with Gasteiger partial charge in [-0.3, -0.25) is 9.78 Å². The Morgan fingerprint density at radius 3 is 2.35 bits per heavy atom. The number of hydrogen-bond donors (Lipinski definition) is 2. The van der Waals surface area contributed by atoms with Gasteiger partial charge in [-0.2, -0.15) is 0 Å². The van der Waals surface area contributed by atoms with Crippen molar-refractivity contribution in [3.8, 4) is 0 Å². The Hall–Kier alpha value is -2.88. The highest BCUT2D eigenvalue weighted by Gasteiger charge is 2.09. The van der Waals surface area contributed by atoms with Crippen molar-refractivity contribution < 1.29 is 0 Å². The largest absolute Gasteiger partial charge is 0.326 e. The topological polar surface area (TPSA) is 57.8 Å². The number of rotatable bonds is 4. The van der Waals surface area contributed by atoms with E-state index >= 15 is 0 Å². The van der Waals surface area contributed by atoms with E-state index < -0.39 is 0 Å². The maximum atomic E-state index is 12.4. The van der Waals surface area contributed by atoms with E-state index in [2.05, 4.69) is 15.3 Å². The molecule has 3 rings (SSSR count). The van der Waals surface area contributed by atoms with Gasteiger partial charge in [0.1, 0.15) is 0 Å². The molecule has 0 saturated heterocycles. The number of hydrogen-bond acceptors (Lipinski definition) is 3. The number of H-pyrrole nitrogens is 1. The third-order valence-electron chi connectivity index (χ3n) is 3.76. The second-order valence-corrected chi connectivity index (χ2v) is 5.63. The van der Waals surface area contributed by atoms with E-state index in [1.54, 1.807) is 0 Å². The van der Waals surface area contributed by atoms with Crippen molar-refractivity contribution in [2.45, 2.75) is 20.3 Å². The first-order valence-corrected chi connectivity index (χ1v) is 7.59. The molecule has 0 aliphatic carbocycles. The van der Waals surface area contributed by atoms with Crippen molar-refractivity contribution in [1.29, 1.82) is 0 Å². The molecule has 0 radical (unpaired) electrons. The summed E-state index contributed by atoms with van der Waals surface area (Å²) < 4.78 is 0. The molecule has 4 heteroatoms. The first-order valence-electron chi connectivity index (χ1n) is 7.59. The fraction of sp³-hybridized carbons (Fsp3) is 0.158. The maximum absolute atomic E-state index is 12.4. The molecule has 2 aromatic carbocycles. The average molecular weight is 305 g/mol. The summed E-state index contributed by atoms with van der Waals surface area (Å²) in [5.74, 6) is 0.466. The molecule has 1 aromatic heterocycles. The standard InChI is InChI=1S/C19H19N3O/c1-13-8-10-16(11-9-13)21-19-20-14(2)17(18(23)22-19)12-15-6-4-3-5-7-15/h3-11H,12H2,1-2H3,(H2,20,21,22,23). The molecular formula is C19H19N3O. The number of aromatic nitrogens is 2. The van der Waals surface area contributed by atoms with Crippen LogP contribution in [0, 0.1) is 13.8 Å². The van der Waals surface area contributed by atoms with E-state index in [0.29, 0.717) is 17.9 Å². The quantitative estimate of drug-likeness (QED) is 0.772.